The zero-order chi connectivity index (χ0) is 17.9. The molecule has 1 heterocycles. The van der Waals surface area contributed by atoms with E-state index in [9.17, 15) is 9.59 Å². The molecule has 25 heavy (non-hydrogen) atoms. The number of nitrogens with one attached hydrogen (secondary N) is 2. The van der Waals surface area contributed by atoms with Crippen LogP contribution >= 0.6 is 0 Å². The molecule has 3 rings (SSSR count). The monoisotopic (exact) mass is 341 g/mol. The Labute approximate surface area is 148 Å². The molecule has 2 N–H and O–H groups in total. The minimum absolute atomic E-state index is 0.00314. The molecular formula is C20H27N3O2. The third-order valence-electron chi connectivity index (χ3n) is 5.56. The van der Waals surface area contributed by atoms with Crippen molar-refractivity contribution in [1.82, 2.24) is 15.2 Å². The zero-order valence-electron chi connectivity index (χ0n) is 15.1. The number of nitrogens with zero attached hydrogens (tertiary/aromatic N) is 1. The van der Waals surface area contributed by atoms with Crippen molar-refractivity contribution in [1.29, 1.82) is 0 Å². The van der Waals surface area contributed by atoms with Gasteiger partial charge in [-0.25, -0.2) is 0 Å². The molecule has 134 valence electrons. The zero-order valence-corrected chi connectivity index (χ0v) is 15.1. The maximum Gasteiger partial charge on any atom is 0.252 e. The van der Waals surface area contributed by atoms with Gasteiger partial charge in [-0.3, -0.25) is 9.59 Å². The van der Waals surface area contributed by atoms with Crippen molar-refractivity contribution in [3.63, 3.8) is 0 Å². The van der Waals surface area contributed by atoms with E-state index in [-0.39, 0.29) is 17.0 Å². The van der Waals surface area contributed by atoms with Gasteiger partial charge in [0.25, 0.3) is 5.91 Å². The summed E-state index contributed by atoms with van der Waals surface area (Å²) in [6, 6.07) is 8.82. The van der Waals surface area contributed by atoms with E-state index in [4.69, 9.17) is 0 Å². The topological polar surface area (TPSA) is 65.2 Å². The molecule has 0 atom stereocenters. The first-order valence-electron chi connectivity index (χ1n) is 9.10. The lowest BCUT2D eigenvalue weighted by molar-refractivity contribution is 0.0870. The van der Waals surface area contributed by atoms with E-state index in [1.807, 2.05) is 24.3 Å². The van der Waals surface area contributed by atoms with Crippen LogP contribution in [0.3, 0.4) is 0 Å². The quantitative estimate of drug-likeness (QED) is 0.841. The lowest BCUT2D eigenvalue weighted by atomic mass is 9.88. The Balaban J connectivity index is 1.83. The number of aromatic nitrogens is 1. The van der Waals surface area contributed by atoms with Crippen molar-refractivity contribution in [3.05, 3.63) is 46.2 Å². The van der Waals surface area contributed by atoms with Crippen LogP contribution in [0.15, 0.2) is 35.1 Å². The number of rotatable bonds is 4. The normalized spacial score (nSPS) is 17.4. The predicted octanol–water partition coefficient (Wildman–Crippen LogP) is 2.91. The molecule has 5 heteroatoms. The van der Waals surface area contributed by atoms with E-state index in [2.05, 4.69) is 29.3 Å². The first kappa shape index (κ1) is 17.7. The van der Waals surface area contributed by atoms with Crippen LogP contribution in [0, 0.1) is 0 Å². The summed E-state index contributed by atoms with van der Waals surface area (Å²) in [4.78, 5) is 29.7. The summed E-state index contributed by atoms with van der Waals surface area (Å²) >= 11 is 0. The fourth-order valence-corrected chi connectivity index (χ4v) is 3.90. The molecule has 1 aliphatic rings. The van der Waals surface area contributed by atoms with Gasteiger partial charge in [0.15, 0.2) is 0 Å². The molecule has 1 fully saturated rings. The molecule has 1 aromatic carbocycles. The Morgan fingerprint density at radius 1 is 1.16 bits per heavy atom. The van der Waals surface area contributed by atoms with Crippen LogP contribution in [0.25, 0.3) is 10.9 Å². The van der Waals surface area contributed by atoms with E-state index in [1.54, 1.807) is 0 Å². The Bertz CT molecular complexity index is 802. The first-order chi connectivity index (χ1) is 12.0. The predicted molar refractivity (Wildman–Crippen MR) is 101 cm³/mol. The number of carbonyl (C=O) groups excluding carboxylic acids is 1. The third kappa shape index (κ3) is 3.76. The van der Waals surface area contributed by atoms with Crippen LogP contribution in [0.1, 0.15) is 48.9 Å². The number of para-hydroxylation sites is 1. The molecule has 0 bridgehead atoms. The summed E-state index contributed by atoms with van der Waals surface area (Å²) in [6.07, 6.45) is 7.11. The number of likely N-dealkylation sites (N-methyl/N-ethyl adjacent to an activating group) is 1. The Morgan fingerprint density at radius 2 is 1.84 bits per heavy atom. The summed E-state index contributed by atoms with van der Waals surface area (Å²) in [5.74, 6) is -0.173. The van der Waals surface area contributed by atoms with Crippen molar-refractivity contribution >= 4 is 16.8 Å². The van der Waals surface area contributed by atoms with Gasteiger partial charge in [-0.1, -0.05) is 43.9 Å². The van der Waals surface area contributed by atoms with E-state index in [0.717, 1.165) is 18.2 Å². The molecule has 0 aliphatic heterocycles. The number of hydrogen-bond donors (Lipinski definition) is 2. The number of aromatic amines is 1. The second-order valence-electron chi connectivity index (χ2n) is 7.31. The van der Waals surface area contributed by atoms with Gasteiger partial charge >= 0.3 is 0 Å². The number of amides is 1. The lowest BCUT2D eigenvalue weighted by Crippen LogP contribution is -2.52. The fourth-order valence-electron chi connectivity index (χ4n) is 3.90. The molecule has 5 nitrogen and oxygen atoms in total. The fraction of sp³-hybridized carbons (Fsp3) is 0.500. The number of hydrogen-bond acceptors (Lipinski definition) is 3. The van der Waals surface area contributed by atoms with Gasteiger partial charge in [0, 0.05) is 29.1 Å². The lowest BCUT2D eigenvalue weighted by Gasteiger charge is -2.39. The van der Waals surface area contributed by atoms with Crippen molar-refractivity contribution < 1.29 is 4.79 Å². The molecule has 0 saturated heterocycles. The highest BCUT2D eigenvalue weighted by atomic mass is 16.2. The van der Waals surface area contributed by atoms with Crippen molar-refractivity contribution in [2.45, 2.75) is 44.1 Å². The SMILES string of the molecule is CN(C)C1(CNC(=O)c2cc(=O)[nH]c3ccccc23)CCCCCC1. The summed E-state index contributed by atoms with van der Waals surface area (Å²) in [6.45, 7) is 0.611. The van der Waals surface area contributed by atoms with E-state index < -0.39 is 0 Å². The van der Waals surface area contributed by atoms with E-state index in [1.165, 1.54) is 31.7 Å². The van der Waals surface area contributed by atoms with Crippen molar-refractivity contribution in [2.24, 2.45) is 0 Å². The second kappa shape index (κ2) is 7.40. The number of benzene rings is 1. The second-order valence-corrected chi connectivity index (χ2v) is 7.31. The van der Waals surface area contributed by atoms with Crippen LogP contribution in [0.2, 0.25) is 0 Å². The molecule has 1 amide bonds. The number of H-pyrrole nitrogens is 1. The Morgan fingerprint density at radius 3 is 2.52 bits per heavy atom. The largest absolute Gasteiger partial charge is 0.350 e. The third-order valence-corrected chi connectivity index (χ3v) is 5.56. The maximum absolute atomic E-state index is 12.8. The summed E-state index contributed by atoms with van der Waals surface area (Å²) < 4.78 is 0. The van der Waals surface area contributed by atoms with Gasteiger partial charge in [0.2, 0.25) is 5.56 Å². The molecule has 0 spiro atoms. The van der Waals surface area contributed by atoms with Crippen LogP contribution in [-0.2, 0) is 0 Å². The number of carbonyl (C=O) groups is 1. The minimum Gasteiger partial charge on any atom is -0.350 e. The average Bonchev–Trinajstić information content (AvgIpc) is 2.85. The first-order valence-corrected chi connectivity index (χ1v) is 9.10. The van der Waals surface area contributed by atoms with Crippen LogP contribution in [0.4, 0.5) is 0 Å². The summed E-state index contributed by atoms with van der Waals surface area (Å²) in [5.41, 5.74) is 0.892. The highest BCUT2D eigenvalue weighted by molar-refractivity contribution is 6.05. The van der Waals surface area contributed by atoms with Crippen LogP contribution in [-0.4, -0.2) is 42.0 Å². The molecule has 1 aliphatic carbocycles. The van der Waals surface area contributed by atoms with Gasteiger partial charge in [0.1, 0.15) is 0 Å². The standard InChI is InChI=1S/C20H27N3O2/c1-23(2)20(11-7-3-4-8-12-20)14-21-19(25)16-13-18(24)22-17-10-6-5-9-15(16)17/h5-6,9-10,13H,3-4,7-8,11-12,14H2,1-2H3,(H,21,25)(H,22,24). The molecule has 2 aromatic rings. The number of fused-ring (bicyclic) bond motifs is 1. The summed E-state index contributed by atoms with van der Waals surface area (Å²) in [5, 5.41) is 3.88. The highest BCUT2D eigenvalue weighted by Crippen LogP contribution is 2.30. The van der Waals surface area contributed by atoms with Gasteiger partial charge in [0.05, 0.1) is 5.56 Å². The van der Waals surface area contributed by atoms with Gasteiger partial charge < -0.3 is 15.2 Å². The van der Waals surface area contributed by atoms with Crippen molar-refractivity contribution in [3.8, 4) is 0 Å². The maximum atomic E-state index is 12.8. The Hall–Kier alpha value is -2.14. The van der Waals surface area contributed by atoms with Crippen LogP contribution < -0.4 is 10.9 Å². The Kier molecular flexibility index (Phi) is 5.23. The smallest absolute Gasteiger partial charge is 0.252 e. The molecule has 0 unspecified atom stereocenters. The average molecular weight is 341 g/mol. The van der Waals surface area contributed by atoms with Crippen molar-refractivity contribution in [2.75, 3.05) is 20.6 Å². The number of pyridine rings is 1. The minimum atomic E-state index is -0.249. The molecule has 1 saturated carbocycles. The summed E-state index contributed by atoms with van der Waals surface area (Å²) in [7, 11) is 4.19. The van der Waals surface area contributed by atoms with E-state index >= 15 is 0 Å². The van der Waals surface area contributed by atoms with Gasteiger partial charge in [-0.05, 0) is 33.0 Å². The van der Waals surface area contributed by atoms with Gasteiger partial charge in [-0.2, -0.15) is 0 Å². The van der Waals surface area contributed by atoms with E-state index in [0.29, 0.717) is 17.6 Å². The molecule has 1 aromatic heterocycles. The molecule has 0 radical (unpaired) electrons. The van der Waals surface area contributed by atoms with Gasteiger partial charge in [-0.15, -0.1) is 0 Å². The van der Waals surface area contributed by atoms with Crippen LogP contribution in [0.5, 0.6) is 0 Å². The highest BCUT2D eigenvalue weighted by Gasteiger charge is 2.33. The molecular weight excluding hydrogens is 314 g/mol.